The summed E-state index contributed by atoms with van der Waals surface area (Å²) in [5.41, 5.74) is 10.8. The number of aliphatic imine (C=N–C) groups is 1. The summed E-state index contributed by atoms with van der Waals surface area (Å²) in [6, 6.07) is 11.0. The van der Waals surface area contributed by atoms with Crippen LogP contribution in [-0.2, 0) is 32.1 Å². The average Bonchev–Trinajstić information content (AvgIpc) is 3.96. The summed E-state index contributed by atoms with van der Waals surface area (Å²) in [5, 5.41) is 17.4. The highest BCUT2D eigenvalue weighted by Gasteiger charge is 2.43. The Balaban J connectivity index is 1.01. The molecule has 3 aromatic carbocycles. The van der Waals surface area contributed by atoms with E-state index < -0.39 is 47.9 Å². The Morgan fingerprint density at radius 1 is 0.831 bits per heavy atom. The van der Waals surface area contributed by atoms with Crippen LogP contribution in [0.1, 0.15) is 92.1 Å². The van der Waals surface area contributed by atoms with E-state index in [0.717, 1.165) is 11.1 Å². The van der Waals surface area contributed by atoms with E-state index in [-0.39, 0.29) is 56.4 Å². The summed E-state index contributed by atoms with van der Waals surface area (Å²) in [6.07, 6.45) is 13.6. The Labute approximate surface area is 414 Å². The van der Waals surface area contributed by atoms with Crippen LogP contribution in [0.15, 0.2) is 101 Å². The van der Waals surface area contributed by atoms with Gasteiger partial charge in [0.25, 0.3) is 11.8 Å². The van der Waals surface area contributed by atoms with E-state index in [9.17, 15) is 29.1 Å². The second-order valence-electron chi connectivity index (χ2n) is 18.3. The minimum absolute atomic E-state index is 0.0903. The first-order valence-corrected chi connectivity index (χ1v) is 24.0. The summed E-state index contributed by atoms with van der Waals surface area (Å²) in [4.78, 5) is 75.0. The number of allylic oxidation sites excluding steroid dienone is 4. The van der Waals surface area contributed by atoms with Crippen molar-refractivity contribution in [3.05, 3.63) is 119 Å². The van der Waals surface area contributed by atoms with E-state index in [2.05, 4.69) is 15.6 Å². The standard InChI is InChI=1S/C54H64N6O11/c1-8-11-34-21-38-27-56-42-26-47(45(68-7)25-41(42)53(65)59(38)28-34)70-20-10-19-69-46-23-36-15-18-39(49(61)43-22-35(12-9-2)29-60(43)52(64)40(36)24-44(46)67-6)54(66)71-30-33-13-16-37(17-14-33)58-50(62)32(5)57-51(63)48(55)31(3)4/h8-9,11-14,16-17,23-29,31-32,38-39,43,48-49,61H,10,15,18-22,30,55H2,1-7H3,(H,57,63)(H,58,62)/b11-8+,12-9+/t32-,38-,39?,43-,48-,49+/m0/s1. The molecule has 0 radical (unpaired) electrons. The van der Waals surface area contributed by atoms with Crippen LogP contribution in [0.2, 0.25) is 0 Å². The molecule has 0 fully saturated rings. The topological polar surface area (TPSA) is 221 Å². The predicted octanol–water partition coefficient (Wildman–Crippen LogP) is 6.71. The average molecular weight is 973 g/mol. The van der Waals surface area contributed by atoms with Gasteiger partial charge in [0.2, 0.25) is 11.8 Å². The number of ether oxygens (including phenoxy) is 5. The van der Waals surface area contributed by atoms with Crippen molar-refractivity contribution >= 4 is 47.2 Å². The maximum atomic E-state index is 14.4. The number of anilines is 1. The molecular formula is C54H64N6O11. The monoisotopic (exact) mass is 972 g/mol. The third-order valence-electron chi connectivity index (χ3n) is 13.0. The van der Waals surface area contributed by atoms with Crippen LogP contribution in [0.5, 0.6) is 23.0 Å². The van der Waals surface area contributed by atoms with Crippen molar-refractivity contribution in [3.8, 4) is 23.0 Å². The summed E-state index contributed by atoms with van der Waals surface area (Å²) in [7, 11) is 3.01. The van der Waals surface area contributed by atoms with Crippen molar-refractivity contribution in [2.45, 2.75) is 104 Å². The van der Waals surface area contributed by atoms with E-state index in [1.807, 2.05) is 58.2 Å². The zero-order chi connectivity index (χ0) is 50.9. The van der Waals surface area contributed by atoms with Gasteiger partial charge >= 0.3 is 5.97 Å². The minimum Gasteiger partial charge on any atom is -0.493 e. The molecule has 17 heteroatoms. The predicted molar refractivity (Wildman–Crippen MR) is 268 cm³/mol. The SMILES string of the molecule is C/C=C/C1=CN2C(=O)c3cc(OC)c(OCCCOc4cc5c(cc4OC)C(=O)N4C=C(/C=C/C)C[C@H]4[C@H](O)C(C(=O)OCc4ccc(NC(=O)[C@H](C)NC(=O)[C@@H](N)C(C)C)cc4)CC5)cc3N=C[C@@H]2C1. The zero-order valence-electron chi connectivity index (χ0n) is 41.3. The molecule has 0 saturated heterocycles. The van der Waals surface area contributed by atoms with Gasteiger partial charge in [-0.25, -0.2) is 0 Å². The number of nitrogens with two attached hydrogens (primary N) is 1. The molecule has 1 unspecified atom stereocenters. The fourth-order valence-corrected chi connectivity index (χ4v) is 8.94. The Morgan fingerprint density at radius 3 is 2.10 bits per heavy atom. The van der Waals surface area contributed by atoms with Crippen LogP contribution in [0.25, 0.3) is 0 Å². The molecule has 4 amide bonds. The number of amides is 4. The molecule has 6 atom stereocenters. The normalized spacial score (nSPS) is 20.4. The summed E-state index contributed by atoms with van der Waals surface area (Å²) >= 11 is 0. The number of carbonyl (C=O) groups excluding carboxylic acids is 5. The summed E-state index contributed by atoms with van der Waals surface area (Å²) in [5.74, 6) is -1.53. The number of methoxy groups -OCH3 is 2. The number of esters is 1. The molecule has 4 heterocycles. The fraction of sp³-hybridized carbons (Fsp3) is 0.407. The number of benzene rings is 3. The molecule has 5 N–H and O–H groups in total. The van der Waals surface area contributed by atoms with Gasteiger partial charge in [-0.05, 0) is 105 Å². The number of aliphatic hydroxyl groups is 1. The third-order valence-corrected chi connectivity index (χ3v) is 13.0. The van der Waals surface area contributed by atoms with Crippen molar-refractivity contribution in [2.24, 2.45) is 22.6 Å². The number of nitrogens with one attached hydrogen (secondary N) is 2. The molecule has 3 aromatic rings. The van der Waals surface area contributed by atoms with Crippen molar-refractivity contribution in [3.63, 3.8) is 0 Å². The van der Waals surface area contributed by atoms with E-state index in [1.165, 1.54) is 19.1 Å². The Bertz CT molecular complexity index is 2660. The van der Waals surface area contributed by atoms with Gasteiger partial charge < -0.3 is 55.0 Å². The molecule has 71 heavy (non-hydrogen) atoms. The number of rotatable bonds is 18. The number of aliphatic hydroxyl groups excluding tert-OH is 1. The first kappa shape index (κ1) is 51.6. The van der Waals surface area contributed by atoms with Crippen LogP contribution in [0.4, 0.5) is 11.4 Å². The van der Waals surface area contributed by atoms with Gasteiger partial charge in [0.1, 0.15) is 12.6 Å². The molecule has 0 spiro atoms. The molecule has 0 aliphatic carbocycles. The number of nitrogens with zero attached hydrogens (tertiary/aromatic N) is 3. The highest BCUT2D eigenvalue weighted by atomic mass is 16.5. The zero-order valence-corrected chi connectivity index (χ0v) is 41.3. The van der Waals surface area contributed by atoms with Crippen LogP contribution < -0.4 is 35.3 Å². The lowest BCUT2D eigenvalue weighted by atomic mass is 9.88. The number of aryl methyl sites for hydroxylation is 1. The number of hydrogen-bond donors (Lipinski definition) is 4. The Kier molecular flexibility index (Phi) is 16.8. The molecule has 4 aliphatic heterocycles. The number of hydrogen-bond acceptors (Lipinski definition) is 13. The van der Waals surface area contributed by atoms with Gasteiger partial charge in [0.05, 0.1) is 68.8 Å². The van der Waals surface area contributed by atoms with Gasteiger partial charge in [-0.1, -0.05) is 50.3 Å². The third kappa shape index (κ3) is 11.9. The summed E-state index contributed by atoms with van der Waals surface area (Å²) in [6.45, 7) is 9.35. The smallest absolute Gasteiger partial charge is 0.311 e. The molecule has 376 valence electrons. The largest absolute Gasteiger partial charge is 0.493 e. The van der Waals surface area contributed by atoms with E-state index in [0.29, 0.717) is 75.9 Å². The van der Waals surface area contributed by atoms with Gasteiger partial charge in [0, 0.05) is 42.4 Å². The van der Waals surface area contributed by atoms with E-state index >= 15 is 0 Å². The van der Waals surface area contributed by atoms with E-state index in [1.54, 1.807) is 72.8 Å². The highest BCUT2D eigenvalue weighted by molar-refractivity contribution is 6.04. The van der Waals surface area contributed by atoms with Crippen molar-refractivity contribution in [1.82, 2.24) is 15.1 Å². The molecular weight excluding hydrogens is 909 g/mol. The lowest BCUT2D eigenvalue weighted by molar-refractivity contribution is -0.155. The summed E-state index contributed by atoms with van der Waals surface area (Å²) < 4.78 is 29.6. The van der Waals surface area contributed by atoms with Crippen molar-refractivity contribution in [1.29, 1.82) is 0 Å². The van der Waals surface area contributed by atoms with Crippen LogP contribution in [-0.4, -0.2) is 108 Å². The lowest BCUT2D eigenvalue weighted by Crippen LogP contribution is -2.50. The number of carbonyl (C=O) groups is 5. The van der Waals surface area contributed by atoms with Crippen LogP contribution in [0.3, 0.4) is 0 Å². The maximum Gasteiger partial charge on any atom is 0.311 e. The first-order valence-electron chi connectivity index (χ1n) is 24.0. The van der Waals surface area contributed by atoms with Crippen molar-refractivity contribution < 1.29 is 52.8 Å². The molecule has 7 rings (SSSR count). The van der Waals surface area contributed by atoms with E-state index in [4.69, 9.17) is 29.4 Å². The number of fused-ring (bicyclic) bond motifs is 4. The van der Waals surface area contributed by atoms with Gasteiger partial charge in [-0.15, -0.1) is 0 Å². The Morgan fingerprint density at radius 2 is 1.45 bits per heavy atom. The van der Waals surface area contributed by atoms with Gasteiger partial charge in [0.15, 0.2) is 23.0 Å². The second kappa shape index (κ2) is 23.1. The molecule has 0 aromatic heterocycles. The molecule has 4 aliphatic rings. The molecule has 0 saturated carbocycles. The molecule has 17 nitrogen and oxygen atoms in total. The highest BCUT2D eigenvalue weighted by Crippen LogP contribution is 2.40. The second-order valence-corrected chi connectivity index (χ2v) is 18.3. The van der Waals surface area contributed by atoms with Crippen LogP contribution in [0, 0.1) is 11.8 Å². The van der Waals surface area contributed by atoms with Gasteiger partial charge in [-0.3, -0.25) is 29.0 Å². The maximum absolute atomic E-state index is 14.4. The van der Waals surface area contributed by atoms with Gasteiger partial charge in [-0.2, -0.15) is 0 Å². The minimum atomic E-state index is -1.26. The quantitative estimate of drug-likeness (QED) is 0.0772. The molecule has 0 bridgehead atoms. The van der Waals surface area contributed by atoms with Crippen molar-refractivity contribution in [2.75, 3.05) is 32.8 Å². The first-order chi connectivity index (χ1) is 34.1. The van der Waals surface area contributed by atoms with Crippen LogP contribution >= 0.6 is 0 Å². The fourth-order valence-electron chi connectivity index (χ4n) is 8.94. The Hall–Kier alpha value is -7.24. The lowest BCUT2D eigenvalue weighted by Gasteiger charge is -2.31.